The van der Waals surface area contributed by atoms with E-state index in [1.807, 2.05) is 0 Å². The Hall–Kier alpha value is -1.16. The normalized spacial score (nSPS) is 13.1. The van der Waals surface area contributed by atoms with Crippen molar-refractivity contribution in [1.29, 1.82) is 0 Å². The molecule has 0 amide bonds. The Labute approximate surface area is 306 Å². The molecule has 0 bridgehead atoms. The van der Waals surface area contributed by atoms with Gasteiger partial charge < -0.3 is 9.38 Å². The highest BCUT2D eigenvalue weighted by molar-refractivity contribution is 7.70. The van der Waals surface area contributed by atoms with Crippen LogP contribution in [0.4, 0.5) is 0 Å². The number of quaternary nitrogens is 1. The third kappa shape index (κ3) is 21.7. The lowest BCUT2D eigenvalue weighted by Crippen LogP contribution is -2.70. The maximum absolute atomic E-state index is 13.9. The molecular weight excluding hydrogens is 625 g/mol. The van der Waals surface area contributed by atoms with Gasteiger partial charge in [-0.05, 0) is 70.4 Å². The highest BCUT2D eigenvalue weighted by Gasteiger charge is 2.62. The fourth-order valence-electron chi connectivity index (χ4n) is 6.83. The number of likely N-dealkylation sites (N-methyl/N-ethyl adjacent to an activating group) is 1. The van der Waals surface area contributed by atoms with E-state index < -0.39 is 19.2 Å². The molecule has 0 saturated heterocycles. The van der Waals surface area contributed by atoms with Crippen molar-refractivity contribution in [3.05, 3.63) is 24.3 Å². The second-order valence-corrected chi connectivity index (χ2v) is 17.1. The van der Waals surface area contributed by atoms with Crippen molar-refractivity contribution in [1.82, 2.24) is 0 Å². The van der Waals surface area contributed by atoms with Crippen LogP contribution in [-0.2, 0) is 14.4 Å². The van der Waals surface area contributed by atoms with Crippen LogP contribution in [-0.4, -0.2) is 59.3 Å². The summed E-state index contributed by atoms with van der Waals surface area (Å²) >= 11 is 0. The van der Waals surface area contributed by atoms with E-state index in [4.69, 9.17) is 0 Å². The molecular formula is C43H81NO4P+. The molecule has 1 unspecified atom stereocenters. The molecule has 6 heteroatoms. The third-order valence-electron chi connectivity index (χ3n) is 9.99. The molecule has 0 rings (SSSR count). The number of ketones is 2. The summed E-state index contributed by atoms with van der Waals surface area (Å²) in [6, 6.07) is 0. The molecule has 0 spiro atoms. The lowest BCUT2D eigenvalue weighted by molar-refractivity contribution is -0.892. The standard InChI is InChI=1S/C43H81NO4P/c1-7-10-12-14-16-18-20-22-24-26-28-30-32-34-36-38-40(45)43(44(4,5)6,42(47)49(48)9-3)41(46)39-37-35-33-31-29-27-25-23-21-19-17-15-13-11-8-2/h22-25,48H,7-21,26-39H2,1-6H3/q+1/b24-22-,25-23-. The van der Waals surface area contributed by atoms with Crippen molar-refractivity contribution in [2.75, 3.05) is 27.3 Å². The highest BCUT2D eigenvalue weighted by atomic mass is 31.1. The lowest BCUT2D eigenvalue weighted by Gasteiger charge is -2.43. The number of carbonyl (C=O) groups excluding carboxylic acids is 3. The van der Waals surface area contributed by atoms with Gasteiger partial charge in [-0.1, -0.05) is 148 Å². The molecule has 0 aliphatic carbocycles. The van der Waals surface area contributed by atoms with E-state index in [-0.39, 0.29) is 35.1 Å². The number of allylic oxidation sites excluding steroid dienone is 4. The Balaban J connectivity index is 4.67. The van der Waals surface area contributed by atoms with Gasteiger partial charge in [-0.3, -0.25) is 14.4 Å². The zero-order chi connectivity index (χ0) is 36.6. The summed E-state index contributed by atoms with van der Waals surface area (Å²) in [5, 5.41) is 0. The van der Waals surface area contributed by atoms with Gasteiger partial charge in [-0.15, -0.1) is 0 Å². The van der Waals surface area contributed by atoms with Crippen LogP contribution >= 0.6 is 8.15 Å². The highest BCUT2D eigenvalue weighted by Crippen LogP contribution is 2.42. The monoisotopic (exact) mass is 707 g/mol. The fourth-order valence-corrected chi connectivity index (χ4v) is 8.04. The number of hydrogen-bond donors (Lipinski definition) is 1. The molecule has 0 radical (unpaired) electrons. The molecule has 0 aromatic rings. The van der Waals surface area contributed by atoms with Crippen LogP contribution in [0.15, 0.2) is 24.3 Å². The summed E-state index contributed by atoms with van der Waals surface area (Å²) in [6.07, 6.45) is 40.5. The molecule has 0 aromatic carbocycles. The Morgan fingerprint density at radius 1 is 0.490 bits per heavy atom. The molecule has 5 nitrogen and oxygen atoms in total. The Morgan fingerprint density at radius 3 is 1.06 bits per heavy atom. The molecule has 0 aliphatic rings. The van der Waals surface area contributed by atoms with Gasteiger partial charge in [0, 0.05) is 12.8 Å². The second kappa shape index (κ2) is 31.6. The topological polar surface area (TPSA) is 71.4 Å². The first-order valence-corrected chi connectivity index (χ1v) is 22.3. The summed E-state index contributed by atoms with van der Waals surface area (Å²) in [4.78, 5) is 52.3. The van der Waals surface area contributed by atoms with Crippen molar-refractivity contribution in [2.45, 2.75) is 206 Å². The molecule has 0 fully saturated rings. The SMILES string of the molecule is CCCCCCCC/C=C\CCCCCCCC(=O)C(C(=O)CCCCCCC/C=C\CCCCCCCC)(C(=O)P(O)CC)[N+](C)(C)C. The zero-order valence-electron chi connectivity index (χ0n) is 33.4. The van der Waals surface area contributed by atoms with E-state index in [1.54, 1.807) is 28.1 Å². The maximum Gasteiger partial charge on any atom is 0.281 e. The van der Waals surface area contributed by atoms with E-state index in [9.17, 15) is 19.3 Å². The second-order valence-electron chi connectivity index (χ2n) is 15.3. The summed E-state index contributed by atoms with van der Waals surface area (Å²) in [5.74, 6) is -0.592. The number of nitrogens with zero attached hydrogens (tertiary/aromatic N) is 1. The number of Topliss-reactive ketones (excluding diaryl/α,β-unsaturated/α-hetero) is 2. The molecule has 0 aliphatic heterocycles. The molecule has 1 atom stereocenters. The summed E-state index contributed by atoms with van der Waals surface area (Å²) < 4.78 is -0.0843. The average Bonchev–Trinajstić information content (AvgIpc) is 3.07. The molecule has 0 heterocycles. The molecule has 49 heavy (non-hydrogen) atoms. The van der Waals surface area contributed by atoms with Crippen LogP contribution in [0.25, 0.3) is 0 Å². The largest absolute Gasteiger partial charge is 0.366 e. The number of hydrogen-bond acceptors (Lipinski definition) is 4. The van der Waals surface area contributed by atoms with Crippen molar-refractivity contribution >= 4 is 25.2 Å². The van der Waals surface area contributed by atoms with Crippen molar-refractivity contribution in [3.63, 3.8) is 0 Å². The first kappa shape index (κ1) is 47.8. The van der Waals surface area contributed by atoms with E-state index in [0.717, 1.165) is 64.2 Å². The predicted molar refractivity (Wildman–Crippen MR) is 214 cm³/mol. The minimum Gasteiger partial charge on any atom is -0.366 e. The van der Waals surface area contributed by atoms with Gasteiger partial charge in [0.2, 0.25) is 11.6 Å². The van der Waals surface area contributed by atoms with Crippen LogP contribution in [0.1, 0.15) is 201 Å². The van der Waals surface area contributed by atoms with Crippen LogP contribution < -0.4 is 0 Å². The minimum absolute atomic E-state index is 0.0843. The van der Waals surface area contributed by atoms with E-state index in [0.29, 0.717) is 12.8 Å². The van der Waals surface area contributed by atoms with Crippen molar-refractivity contribution in [2.24, 2.45) is 0 Å². The third-order valence-corrected chi connectivity index (χ3v) is 11.4. The first-order valence-electron chi connectivity index (χ1n) is 20.8. The Morgan fingerprint density at radius 2 is 0.776 bits per heavy atom. The van der Waals surface area contributed by atoms with Gasteiger partial charge in [0.15, 0.2) is 0 Å². The van der Waals surface area contributed by atoms with Gasteiger partial charge in [-0.25, -0.2) is 0 Å². The maximum atomic E-state index is 13.9. The van der Waals surface area contributed by atoms with Crippen LogP contribution in [0.2, 0.25) is 0 Å². The summed E-state index contributed by atoms with van der Waals surface area (Å²) in [5.41, 5.74) is -2.36. The van der Waals surface area contributed by atoms with Crippen LogP contribution in [0.3, 0.4) is 0 Å². The minimum atomic E-state index is -2.04. The Kier molecular flexibility index (Phi) is 30.8. The zero-order valence-corrected chi connectivity index (χ0v) is 34.3. The molecule has 286 valence electrons. The first-order chi connectivity index (χ1) is 23.6. The number of unbranched alkanes of at least 4 members (excludes halogenated alkanes) is 22. The van der Waals surface area contributed by atoms with E-state index in [1.165, 1.54) is 89.9 Å². The van der Waals surface area contributed by atoms with Gasteiger partial charge >= 0.3 is 0 Å². The molecule has 0 saturated carbocycles. The van der Waals surface area contributed by atoms with Gasteiger partial charge in [-0.2, -0.15) is 0 Å². The van der Waals surface area contributed by atoms with Crippen LogP contribution in [0.5, 0.6) is 0 Å². The summed E-state index contributed by atoms with van der Waals surface area (Å²) in [6.45, 7) is 6.27. The van der Waals surface area contributed by atoms with Gasteiger partial charge in [0.1, 0.15) is 8.15 Å². The van der Waals surface area contributed by atoms with Crippen molar-refractivity contribution in [3.8, 4) is 0 Å². The smallest absolute Gasteiger partial charge is 0.281 e. The lowest BCUT2D eigenvalue weighted by atomic mass is 9.82. The predicted octanol–water partition coefficient (Wildman–Crippen LogP) is 12.6. The van der Waals surface area contributed by atoms with E-state index in [2.05, 4.69) is 38.2 Å². The Bertz CT molecular complexity index is 839. The van der Waals surface area contributed by atoms with Gasteiger partial charge in [0.05, 0.1) is 21.1 Å². The van der Waals surface area contributed by atoms with Crippen molar-refractivity contribution < 1.29 is 23.8 Å². The molecule has 0 aromatic heterocycles. The summed E-state index contributed by atoms with van der Waals surface area (Å²) in [7, 11) is 3.27. The number of rotatable bonds is 36. The average molecular weight is 707 g/mol. The fraction of sp³-hybridized carbons (Fsp3) is 0.837. The number of carbonyl (C=O) groups is 3. The van der Waals surface area contributed by atoms with Gasteiger partial charge in [0.25, 0.3) is 11.1 Å². The van der Waals surface area contributed by atoms with E-state index >= 15 is 0 Å². The quantitative estimate of drug-likeness (QED) is 0.0231. The van der Waals surface area contributed by atoms with Crippen LogP contribution in [0, 0.1) is 0 Å². The molecule has 1 N–H and O–H groups in total.